The monoisotopic (exact) mass is 356 g/mol. The number of aliphatic hydroxyl groups is 2. The number of aliphatic hydroxyl groups excluding tert-OH is 2. The Kier molecular flexibility index (Phi) is 4.60. The van der Waals surface area contributed by atoms with Crippen LogP contribution in [0.25, 0.3) is 11.4 Å². The molecule has 7 heteroatoms. The highest BCUT2D eigenvalue weighted by Gasteiger charge is 2.47. The van der Waals surface area contributed by atoms with Gasteiger partial charge in [0, 0.05) is 42.8 Å². The Bertz CT molecular complexity index is 763. The van der Waals surface area contributed by atoms with E-state index in [0.29, 0.717) is 44.8 Å². The third-order valence-electron chi connectivity index (χ3n) is 5.40. The van der Waals surface area contributed by atoms with Gasteiger partial charge in [-0.1, -0.05) is 0 Å². The van der Waals surface area contributed by atoms with Crippen LogP contribution in [0.3, 0.4) is 0 Å². The quantitative estimate of drug-likeness (QED) is 0.839. The van der Waals surface area contributed by atoms with E-state index in [-0.39, 0.29) is 0 Å². The van der Waals surface area contributed by atoms with Crippen molar-refractivity contribution in [3.05, 3.63) is 36.3 Å². The molecule has 138 valence electrons. The molecule has 2 aromatic heterocycles. The number of aromatic nitrogens is 3. The van der Waals surface area contributed by atoms with Gasteiger partial charge in [0.05, 0.1) is 18.3 Å². The molecular formula is C19H24N4O3. The molecule has 1 spiro atoms. The molecule has 7 nitrogen and oxygen atoms in total. The van der Waals surface area contributed by atoms with Crippen LogP contribution in [0, 0.1) is 6.92 Å². The summed E-state index contributed by atoms with van der Waals surface area (Å²) in [5.74, 6) is 1.54. The Morgan fingerprint density at radius 1 is 1.23 bits per heavy atom. The van der Waals surface area contributed by atoms with Gasteiger partial charge in [0.25, 0.3) is 0 Å². The van der Waals surface area contributed by atoms with Crippen molar-refractivity contribution in [1.29, 1.82) is 0 Å². The molecule has 2 aromatic rings. The topological polar surface area (TPSA) is 91.6 Å². The van der Waals surface area contributed by atoms with Crippen molar-refractivity contribution in [1.82, 2.24) is 15.0 Å². The van der Waals surface area contributed by atoms with Crippen LogP contribution in [0.5, 0.6) is 0 Å². The second kappa shape index (κ2) is 6.90. The number of aryl methyl sites for hydroxylation is 1. The van der Waals surface area contributed by atoms with Crippen LogP contribution < -0.4 is 4.90 Å². The Balaban J connectivity index is 1.54. The average Bonchev–Trinajstić information content (AvgIpc) is 2.67. The van der Waals surface area contributed by atoms with Crippen LogP contribution >= 0.6 is 0 Å². The number of ether oxygens (including phenoxy) is 1. The van der Waals surface area contributed by atoms with E-state index in [2.05, 4.69) is 14.9 Å². The van der Waals surface area contributed by atoms with Gasteiger partial charge >= 0.3 is 0 Å². The standard InChI is InChI=1S/C19H24N4O3/c1-13-11-16(22-18(21-13)14-3-2-7-20-12-14)23-8-5-19(6-9-23)17(25)15(24)4-10-26-19/h2-3,7,11-12,15,17,24-25H,4-6,8-10H2,1H3/t15-,17-/m0/s1. The molecular weight excluding hydrogens is 332 g/mol. The Hall–Kier alpha value is -2.09. The summed E-state index contributed by atoms with van der Waals surface area (Å²) in [7, 11) is 0. The molecule has 2 aliphatic rings. The van der Waals surface area contributed by atoms with E-state index in [9.17, 15) is 10.2 Å². The maximum atomic E-state index is 10.4. The summed E-state index contributed by atoms with van der Waals surface area (Å²) in [6.07, 6.45) is 3.79. The Morgan fingerprint density at radius 2 is 2.04 bits per heavy atom. The van der Waals surface area contributed by atoms with Gasteiger partial charge in [-0.2, -0.15) is 0 Å². The van der Waals surface area contributed by atoms with Crippen LogP contribution in [0.4, 0.5) is 5.82 Å². The van der Waals surface area contributed by atoms with Crippen LogP contribution in [0.15, 0.2) is 30.6 Å². The highest BCUT2D eigenvalue weighted by molar-refractivity contribution is 5.56. The number of anilines is 1. The number of rotatable bonds is 2. The number of hydrogen-bond acceptors (Lipinski definition) is 7. The first-order chi connectivity index (χ1) is 12.6. The second-order valence-corrected chi connectivity index (χ2v) is 7.13. The van der Waals surface area contributed by atoms with Crippen molar-refractivity contribution >= 4 is 5.82 Å². The molecule has 2 saturated heterocycles. The molecule has 2 fully saturated rings. The van der Waals surface area contributed by atoms with E-state index in [1.165, 1.54) is 0 Å². The van der Waals surface area contributed by atoms with Gasteiger partial charge in [0.15, 0.2) is 5.82 Å². The molecule has 2 N–H and O–H groups in total. The SMILES string of the molecule is Cc1cc(N2CCC3(CC2)OCC[C@H](O)[C@@H]3O)nc(-c2cccnc2)n1. The van der Waals surface area contributed by atoms with Gasteiger partial charge in [0.2, 0.25) is 0 Å². The van der Waals surface area contributed by atoms with E-state index in [1.54, 1.807) is 12.4 Å². The molecule has 0 aliphatic carbocycles. The molecule has 4 rings (SSSR count). The minimum absolute atomic E-state index is 0.492. The van der Waals surface area contributed by atoms with E-state index in [1.807, 2.05) is 25.1 Å². The smallest absolute Gasteiger partial charge is 0.163 e. The van der Waals surface area contributed by atoms with Gasteiger partial charge < -0.3 is 19.8 Å². The molecule has 0 amide bonds. The van der Waals surface area contributed by atoms with Crippen molar-refractivity contribution < 1.29 is 14.9 Å². The highest BCUT2D eigenvalue weighted by atomic mass is 16.5. The van der Waals surface area contributed by atoms with Crippen LogP contribution in [-0.2, 0) is 4.74 Å². The third kappa shape index (κ3) is 3.18. The summed E-state index contributed by atoms with van der Waals surface area (Å²) in [4.78, 5) is 15.6. The van der Waals surface area contributed by atoms with Gasteiger partial charge in [-0.05, 0) is 38.3 Å². The first-order valence-corrected chi connectivity index (χ1v) is 9.08. The minimum atomic E-state index is -0.823. The molecule has 4 heterocycles. The summed E-state index contributed by atoms with van der Waals surface area (Å²) in [6.45, 7) is 3.89. The van der Waals surface area contributed by atoms with Gasteiger partial charge in [-0.25, -0.2) is 9.97 Å². The lowest BCUT2D eigenvalue weighted by molar-refractivity contribution is -0.205. The highest BCUT2D eigenvalue weighted by Crippen LogP contribution is 2.36. The molecule has 0 unspecified atom stereocenters. The fraction of sp³-hybridized carbons (Fsp3) is 0.526. The summed E-state index contributed by atoms with van der Waals surface area (Å²) >= 11 is 0. The average molecular weight is 356 g/mol. The molecule has 0 bridgehead atoms. The van der Waals surface area contributed by atoms with Crippen LogP contribution in [0.1, 0.15) is 25.0 Å². The molecule has 2 aliphatic heterocycles. The van der Waals surface area contributed by atoms with E-state index in [0.717, 1.165) is 17.1 Å². The normalized spacial score (nSPS) is 25.4. The summed E-state index contributed by atoms with van der Waals surface area (Å²) in [5, 5.41) is 20.4. The lowest BCUT2D eigenvalue weighted by atomic mass is 9.80. The van der Waals surface area contributed by atoms with E-state index < -0.39 is 17.8 Å². The first kappa shape index (κ1) is 17.3. The molecule has 0 aromatic carbocycles. The van der Waals surface area contributed by atoms with Crippen molar-refractivity contribution in [2.45, 2.75) is 44.0 Å². The Morgan fingerprint density at radius 3 is 2.77 bits per heavy atom. The zero-order valence-corrected chi connectivity index (χ0v) is 14.9. The van der Waals surface area contributed by atoms with E-state index in [4.69, 9.17) is 9.72 Å². The zero-order valence-electron chi connectivity index (χ0n) is 14.9. The maximum Gasteiger partial charge on any atom is 0.163 e. The van der Waals surface area contributed by atoms with Crippen LogP contribution in [0.2, 0.25) is 0 Å². The third-order valence-corrected chi connectivity index (χ3v) is 5.40. The maximum absolute atomic E-state index is 10.4. The summed E-state index contributed by atoms with van der Waals surface area (Å²) in [6, 6.07) is 5.80. The lowest BCUT2D eigenvalue weighted by Crippen LogP contribution is -2.60. The zero-order chi connectivity index (χ0) is 18.1. The van der Waals surface area contributed by atoms with Gasteiger partial charge in [0.1, 0.15) is 11.9 Å². The van der Waals surface area contributed by atoms with Gasteiger partial charge in [-0.15, -0.1) is 0 Å². The summed E-state index contributed by atoms with van der Waals surface area (Å²) < 4.78 is 5.91. The van der Waals surface area contributed by atoms with Crippen molar-refractivity contribution in [2.24, 2.45) is 0 Å². The largest absolute Gasteiger partial charge is 0.390 e. The lowest BCUT2D eigenvalue weighted by Gasteiger charge is -2.48. The van der Waals surface area contributed by atoms with Crippen molar-refractivity contribution in [2.75, 3.05) is 24.6 Å². The first-order valence-electron chi connectivity index (χ1n) is 9.08. The minimum Gasteiger partial charge on any atom is -0.390 e. The number of pyridine rings is 1. The van der Waals surface area contributed by atoms with Crippen LogP contribution in [-0.4, -0.2) is 62.7 Å². The predicted molar refractivity (Wildman–Crippen MR) is 96.8 cm³/mol. The molecule has 0 radical (unpaired) electrons. The van der Waals surface area contributed by atoms with Gasteiger partial charge in [-0.3, -0.25) is 4.98 Å². The number of piperidine rings is 1. The predicted octanol–water partition coefficient (Wildman–Crippen LogP) is 1.33. The second-order valence-electron chi connectivity index (χ2n) is 7.13. The van der Waals surface area contributed by atoms with Crippen molar-refractivity contribution in [3.63, 3.8) is 0 Å². The molecule has 26 heavy (non-hydrogen) atoms. The molecule has 0 saturated carbocycles. The fourth-order valence-corrected chi connectivity index (χ4v) is 3.87. The number of hydrogen-bond donors (Lipinski definition) is 2. The van der Waals surface area contributed by atoms with Crippen molar-refractivity contribution in [3.8, 4) is 11.4 Å². The van der Waals surface area contributed by atoms with E-state index >= 15 is 0 Å². The summed E-state index contributed by atoms with van der Waals surface area (Å²) in [5.41, 5.74) is 1.15. The fourth-order valence-electron chi connectivity index (χ4n) is 3.87. The number of nitrogens with zero attached hydrogens (tertiary/aromatic N) is 4. The molecule has 2 atom stereocenters. The Labute approximate surface area is 152 Å².